The van der Waals surface area contributed by atoms with Gasteiger partial charge in [-0.3, -0.25) is 4.79 Å². The van der Waals surface area contributed by atoms with Gasteiger partial charge in [-0.15, -0.1) is 0 Å². The van der Waals surface area contributed by atoms with Gasteiger partial charge in [0, 0.05) is 25.8 Å². The van der Waals surface area contributed by atoms with Gasteiger partial charge in [-0.2, -0.15) is 0 Å². The van der Waals surface area contributed by atoms with Crippen molar-refractivity contribution in [3.8, 4) is 5.75 Å². The van der Waals surface area contributed by atoms with E-state index in [4.69, 9.17) is 9.47 Å². The van der Waals surface area contributed by atoms with Crippen LogP contribution in [0.1, 0.15) is 23.7 Å². The second-order valence-electron chi connectivity index (χ2n) is 3.56. The molecule has 0 aliphatic heterocycles. The Balaban J connectivity index is 2.40. The Morgan fingerprint density at radius 2 is 2.00 bits per heavy atom. The van der Waals surface area contributed by atoms with Gasteiger partial charge in [-0.05, 0) is 37.6 Å². The summed E-state index contributed by atoms with van der Waals surface area (Å²) in [5, 5.41) is 2.83. The minimum atomic E-state index is -0.0656. The molecule has 0 saturated heterocycles. The molecule has 1 N–H and O–H groups in total. The lowest BCUT2D eigenvalue weighted by molar-refractivity contribution is 0.0948. The predicted octanol–water partition coefficient (Wildman–Crippen LogP) is 1.85. The molecule has 0 spiro atoms. The molecule has 1 amide bonds. The minimum Gasteiger partial charge on any atom is -0.494 e. The average molecular weight is 237 g/mol. The lowest BCUT2D eigenvalue weighted by Gasteiger charge is -2.06. The molecular formula is C13H19NO3. The number of benzene rings is 1. The maximum atomic E-state index is 11.7. The van der Waals surface area contributed by atoms with E-state index < -0.39 is 0 Å². The summed E-state index contributed by atoms with van der Waals surface area (Å²) in [6.45, 7) is 3.84. The van der Waals surface area contributed by atoms with E-state index in [2.05, 4.69) is 5.32 Å². The molecule has 0 unspecified atom stereocenters. The van der Waals surface area contributed by atoms with Crippen LogP contribution in [0.4, 0.5) is 0 Å². The molecule has 0 atom stereocenters. The first-order valence-corrected chi connectivity index (χ1v) is 5.78. The van der Waals surface area contributed by atoms with Gasteiger partial charge >= 0.3 is 0 Å². The Bertz CT molecular complexity index is 335. The normalized spacial score (nSPS) is 10.0. The summed E-state index contributed by atoms with van der Waals surface area (Å²) in [4.78, 5) is 11.7. The Kier molecular flexibility index (Phi) is 6.10. The van der Waals surface area contributed by atoms with Gasteiger partial charge in [0.05, 0.1) is 6.61 Å². The fourth-order valence-electron chi connectivity index (χ4n) is 1.39. The molecule has 0 aliphatic rings. The summed E-state index contributed by atoms with van der Waals surface area (Å²) in [5.41, 5.74) is 0.644. The molecule has 0 radical (unpaired) electrons. The highest BCUT2D eigenvalue weighted by molar-refractivity contribution is 5.94. The highest BCUT2D eigenvalue weighted by Crippen LogP contribution is 2.11. The van der Waals surface area contributed by atoms with E-state index in [1.54, 1.807) is 31.4 Å². The van der Waals surface area contributed by atoms with Crippen molar-refractivity contribution in [2.24, 2.45) is 0 Å². The Morgan fingerprint density at radius 1 is 1.29 bits per heavy atom. The van der Waals surface area contributed by atoms with Crippen molar-refractivity contribution >= 4 is 5.91 Å². The van der Waals surface area contributed by atoms with E-state index in [0.29, 0.717) is 25.3 Å². The zero-order valence-corrected chi connectivity index (χ0v) is 10.4. The minimum absolute atomic E-state index is 0.0656. The summed E-state index contributed by atoms with van der Waals surface area (Å²) >= 11 is 0. The van der Waals surface area contributed by atoms with Gasteiger partial charge in [-0.1, -0.05) is 0 Å². The van der Waals surface area contributed by atoms with Crippen LogP contribution >= 0.6 is 0 Å². The van der Waals surface area contributed by atoms with Crippen LogP contribution in [0.5, 0.6) is 5.75 Å². The van der Waals surface area contributed by atoms with E-state index in [0.717, 1.165) is 12.2 Å². The SMILES string of the molecule is CCOc1ccc(C(=O)NCCCOC)cc1. The second-order valence-corrected chi connectivity index (χ2v) is 3.56. The Morgan fingerprint density at radius 3 is 2.59 bits per heavy atom. The van der Waals surface area contributed by atoms with Crippen LogP contribution in [0.3, 0.4) is 0 Å². The number of amides is 1. The van der Waals surface area contributed by atoms with Gasteiger partial charge in [0.1, 0.15) is 5.75 Å². The van der Waals surface area contributed by atoms with Gasteiger partial charge in [-0.25, -0.2) is 0 Å². The van der Waals surface area contributed by atoms with E-state index in [1.165, 1.54) is 0 Å². The van der Waals surface area contributed by atoms with Crippen molar-refractivity contribution in [1.82, 2.24) is 5.32 Å². The topological polar surface area (TPSA) is 47.6 Å². The van der Waals surface area contributed by atoms with Gasteiger partial charge < -0.3 is 14.8 Å². The number of nitrogens with one attached hydrogen (secondary N) is 1. The first-order valence-electron chi connectivity index (χ1n) is 5.78. The third kappa shape index (κ3) is 4.87. The predicted molar refractivity (Wildman–Crippen MR) is 66.4 cm³/mol. The smallest absolute Gasteiger partial charge is 0.251 e. The molecule has 1 aromatic rings. The fourth-order valence-corrected chi connectivity index (χ4v) is 1.39. The monoisotopic (exact) mass is 237 g/mol. The van der Waals surface area contributed by atoms with Crippen molar-refractivity contribution in [1.29, 1.82) is 0 Å². The third-order valence-corrected chi connectivity index (χ3v) is 2.24. The first-order chi connectivity index (χ1) is 8.27. The van der Waals surface area contributed by atoms with Gasteiger partial charge in [0.2, 0.25) is 0 Å². The molecule has 0 heterocycles. The number of ether oxygens (including phenoxy) is 2. The van der Waals surface area contributed by atoms with Crippen LogP contribution in [0.2, 0.25) is 0 Å². The standard InChI is InChI=1S/C13H19NO3/c1-3-17-12-7-5-11(6-8-12)13(15)14-9-4-10-16-2/h5-8H,3-4,9-10H2,1-2H3,(H,14,15). The van der Waals surface area contributed by atoms with Crippen molar-refractivity contribution in [2.75, 3.05) is 26.9 Å². The Hall–Kier alpha value is -1.55. The average Bonchev–Trinajstić information content (AvgIpc) is 2.36. The molecule has 4 heteroatoms. The zero-order chi connectivity index (χ0) is 12.5. The van der Waals surface area contributed by atoms with Crippen LogP contribution in [-0.2, 0) is 4.74 Å². The van der Waals surface area contributed by atoms with E-state index in [9.17, 15) is 4.79 Å². The summed E-state index contributed by atoms with van der Waals surface area (Å²) in [6, 6.07) is 7.12. The second kappa shape index (κ2) is 7.68. The van der Waals surface area contributed by atoms with Gasteiger partial charge in [0.15, 0.2) is 0 Å². The maximum absolute atomic E-state index is 11.7. The zero-order valence-electron chi connectivity index (χ0n) is 10.4. The molecule has 1 aromatic carbocycles. The maximum Gasteiger partial charge on any atom is 0.251 e. The number of rotatable bonds is 7. The largest absolute Gasteiger partial charge is 0.494 e. The van der Waals surface area contributed by atoms with Crippen molar-refractivity contribution in [2.45, 2.75) is 13.3 Å². The highest BCUT2D eigenvalue weighted by Gasteiger charge is 2.04. The number of carbonyl (C=O) groups excluding carboxylic acids is 1. The van der Waals surface area contributed by atoms with Crippen molar-refractivity contribution < 1.29 is 14.3 Å². The van der Waals surface area contributed by atoms with E-state index in [-0.39, 0.29) is 5.91 Å². The summed E-state index contributed by atoms with van der Waals surface area (Å²) in [5.74, 6) is 0.715. The summed E-state index contributed by atoms with van der Waals surface area (Å²) in [7, 11) is 1.65. The molecule has 94 valence electrons. The highest BCUT2D eigenvalue weighted by atomic mass is 16.5. The molecule has 0 aliphatic carbocycles. The van der Waals surface area contributed by atoms with E-state index >= 15 is 0 Å². The molecule has 0 fully saturated rings. The quantitative estimate of drug-likeness (QED) is 0.736. The molecule has 0 aromatic heterocycles. The summed E-state index contributed by atoms with van der Waals surface area (Å²) < 4.78 is 10.2. The van der Waals surface area contributed by atoms with Crippen LogP contribution < -0.4 is 10.1 Å². The summed E-state index contributed by atoms with van der Waals surface area (Å²) in [6.07, 6.45) is 0.819. The number of hydrogen-bond donors (Lipinski definition) is 1. The number of carbonyl (C=O) groups is 1. The molecule has 0 saturated carbocycles. The van der Waals surface area contributed by atoms with Crippen molar-refractivity contribution in [3.05, 3.63) is 29.8 Å². The molecule has 1 rings (SSSR count). The molecule has 4 nitrogen and oxygen atoms in total. The third-order valence-electron chi connectivity index (χ3n) is 2.24. The molecule has 17 heavy (non-hydrogen) atoms. The number of methoxy groups -OCH3 is 1. The van der Waals surface area contributed by atoms with Crippen LogP contribution in [-0.4, -0.2) is 32.8 Å². The van der Waals surface area contributed by atoms with Crippen LogP contribution in [0.15, 0.2) is 24.3 Å². The number of hydrogen-bond acceptors (Lipinski definition) is 3. The lowest BCUT2D eigenvalue weighted by Crippen LogP contribution is -2.25. The lowest BCUT2D eigenvalue weighted by atomic mass is 10.2. The van der Waals surface area contributed by atoms with Crippen LogP contribution in [0, 0.1) is 0 Å². The Labute approximate surface area is 102 Å². The van der Waals surface area contributed by atoms with Crippen molar-refractivity contribution in [3.63, 3.8) is 0 Å². The molecular weight excluding hydrogens is 218 g/mol. The van der Waals surface area contributed by atoms with Crippen LogP contribution in [0.25, 0.3) is 0 Å². The van der Waals surface area contributed by atoms with Gasteiger partial charge in [0.25, 0.3) is 5.91 Å². The van der Waals surface area contributed by atoms with E-state index in [1.807, 2.05) is 6.92 Å². The molecule has 0 bridgehead atoms. The fraction of sp³-hybridized carbons (Fsp3) is 0.462. The first kappa shape index (κ1) is 13.5.